The maximum absolute atomic E-state index is 13.2. The van der Waals surface area contributed by atoms with Gasteiger partial charge in [-0.15, -0.1) is 0 Å². The summed E-state index contributed by atoms with van der Waals surface area (Å²) in [7, 11) is 1.67. The van der Waals surface area contributed by atoms with Crippen LogP contribution in [0.5, 0.6) is 0 Å². The molecule has 3 rings (SSSR count). The third-order valence-electron chi connectivity index (χ3n) is 6.18. The van der Waals surface area contributed by atoms with Crippen LogP contribution < -0.4 is 10.6 Å². The molecule has 2 aliphatic heterocycles. The van der Waals surface area contributed by atoms with Gasteiger partial charge in [0.25, 0.3) is 0 Å². The molecule has 0 aliphatic carbocycles. The lowest BCUT2D eigenvalue weighted by Crippen LogP contribution is -2.54. The summed E-state index contributed by atoms with van der Waals surface area (Å²) >= 11 is 0. The molecule has 0 aromatic heterocycles. The van der Waals surface area contributed by atoms with Gasteiger partial charge < -0.3 is 20.3 Å². The number of rotatable bonds is 6. The second kappa shape index (κ2) is 10.7. The van der Waals surface area contributed by atoms with Crippen LogP contribution in [0.2, 0.25) is 0 Å². The highest BCUT2D eigenvalue weighted by Crippen LogP contribution is 2.33. The van der Waals surface area contributed by atoms with Crippen molar-refractivity contribution in [3.8, 4) is 0 Å². The van der Waals surface area contributed by atoms with Gasteiger partial charge >= 0.3 is 18.0 Å². The first-order valence-electron chi connectivity index (χ1n) is 11.5. The fourth-order valence-corrected chi connectivity index (χ4v) is 4.29. The van der Waals surface area contributed by atoms with Gasteiger partial charge in [-0.2, -0.15) is 0 Å². The molecule has 4 amide bonds. The minimum atomic E-state index is -0.584. The molecule has 0 bridgehead atoms. The van der Waals surface area contributed by atoms with Crippen LogP contribution in [0.25, 0.3) is 0 Å². The lowest BCUT2D eigenvalue weighted by molar-refractivity contribution is -0.139. The average molecular weight is 458 g/mol. The first-order valence-corrected chi connectivity index (χ1v) is 11.5. The summed E-state index contributed by atoms with van der Waals surface area (Å²) in [6.07, 6.45) is 0. The van der Waals surface area contributed by atoms with E-state index in [0.717, 1.165) is 16.7 Å². The van der Waals surface area contributed by atoms with Gasteiger partial charge in [-0.05, 0) is 38.8 Å². The number of nitrogens with one attached hydrogen (secondary N) is 2. The van der Waals surface area contributed by atoms with Gasteiger partial charge in [-0.1, -0.05) is 23.8 Å². The van der Waals surface area contributed by atoms with Crippen molar-refractivity contribution in [3.63, 3.8) is 0 Å². The molecule has 2 N–H and O–H groups in total. The van der Waals surface area contributed by atoms with E-state index in [9.17, 15) is 14.4 Å². The van der Waals surface area contributed by atoms with Gasteiger partial charge in [-0.25, -0.2) is 14.4 Å². The van der Waals surface area contributed by atoms with Crippen molar-refractivity contribution in [3.05, 3.63) is 46.2 Å². The van der Waals surface area contributed by atoms with E-state index in [0.29, 0.717) is 50.5 Å². The predicted octanol–water partition coefficient (Wildman–Crippen LogP) is 2.16. The van der Waals surface area contributed by atoms with E-state index in [4.69, 9.17) is 4.74 Å². The molecule has 0 spiro atoms. The predicted molar refractivity (Wildman–Crippen MR) is 126 cm³/mol. The molecule has 0 radical (unpaired) electrons. The van der Waals surface area contributed by atoms with Crippen molar-refractivity contribution < 1.29 is 19.1 Å². The Hall–Kier alpha value is -3.07. The van der Waals surface area contributed by atoms with E-state index < -0.39 is 12.0 Å². The largest absolute Gasteiger partial charge is 0.463 e. The maximum atomic E-state index is 13.2. The van der Waals surface area contributed by atoms with Gasteiger partial charge in [0, 0.05) is 52.0 Å². The van der Waals surface area contributed by atoms with Crippen LogP contribution >= 0.6 is 0 Å². The van der Waals surface area contributed by atoms with E-state index in [1.807, 2.05) is 39.0 Å². The molecule has 33 heavy (non-hydrogen) atoms. The monoisotopic (exact) mass is 457 g/mol. The van der Waals surface area contributed by atoms with Crippen LogP contribution in [0.15, 0.2) is 29.5 Å². The number of benzene rings is 1. The molecule has 180 valence electrons. The zero-order valence-electron chi connectivity index (χ0n) is 20.2. The molecule has 0 saturated carbocycles. The Labute approximate surface area is 195 Å². The van der Waals surface area contributed by atoms with Gasteiger partial charge in [0.2, 0.25) is 0 Å². The minimum absolute atomic E-state index is 0.0623. The highest BCUT2D eigenvalue weighted by Gasteiger charge is 2.38. The quantitative estimate of drug-likeness (QED) is 0.639. The van der Waals surface area contributed by atoms with Crippen molar-refractivity contribution in [1.82, 2.24) is 25.3 Å². The van der Waals surface area contributed by atoms with Crippen molar-refractivity contribution in [2.75, 3.05) is 52.9 Å². The number of nitrogens with zero attached hydrogens (tertiary/aromatic N) is 3. The first-order chi connectivity index (χ1) is 15.8. The molecule has 1 aromatic carbocycles. The third-order valence-corrected chi connectivity index (χ3v) is 6.18. The van der Waals surface area contributed by atoms with Gasteiger partial charge in [-0.3, -0.25) is 9.80 Å². The first kappa shape index (κ1) is 24.6. The summed E-state index contributed by atoms with van der Waals surface area (Å²) in [6, 6.07) is 5.11. The van der Waals surface area contributed by atoms with Crippen LogP contribution in [-0.2, 0) is 9.53 Å². The second-order valence-corrected chi connectivity index (χ2v) is 8.48. The Morgan fingerprint density at radius 1 is 1.15 bits per heavy atom. The number of hydrogen-bond donors (Lipinski definition) is 2. The van der Waals surface area contributed by atoms with E-state index in [1.165, 1.54) is 4.90 Å². The number of carbonyl (C=O) groups is 3. The number of aryl methyl sites for hydroxylation is 2. The van der Waals surface area contributed by atoms with Crippen LogP contribution in [-0.4, -0.2) is 85.7 Å². The molecule has 1 atom stereocenters. The average Bonchev–Trinajstić information content (AvgIpc) is 2.79. The van der Waals surface area contributed by atoms with Crippen molar-refractivity contribution >= 4 is 18.0 Å². The van der Waals surface area contributed by atoms with Crippen LogP contribution in [0.4, 0.5) is 9.59 Å². The zero-order valence-corrected chi connectivity index (χ0v) is 20.2. The SMILES string of the molecule is CCNC(=O)N1CCN(CC2=C(C(=O)OCC)[C@H](c3cc(C)ccc3C)NC(=O)N2C)CC1. The number of esters is 1. The maximum Gasteiger partial charge on any atom is 0.338 e. The Bertz CT molecular complexity index is 937. The van der Waals surface area contributed by atoms with E-state index in [2.05, 4.69) is 15.5 Å². The lowest BCUT2D eigenvalue weighted by Gasteiger charge is -2.39. The van der Waals surface area contributed by atoms with Crippen molar-refractivity contribution in [2.45, 2.75) is 33.7 Å². The molecule has 1 saturated heterocycles. The van der Waals surface area contributed by atoms with Crippen LogP contribution in [0.3, 0.4) is 0 Å². The summed E-state index contributed by atoms with van der Waals surface area (Å²) < 4.78 is 5.43. The molecule has 1 aromatic rings. The Kier molecular flexibility index (Phi) is 7.97. The van der Waals surface area contributed by atoms with E-state index >= 15 is 0 Å². The molecule has 2 heterocycles. The molecule has 2 aliphatic rings. The molecular weight excluding hydrogens is 422 g/mol. The molecule has 1 fully saturated rings. The summed E-state index contributed by atoms with van der Waals surface area (Å²) in [6.45, 7) is 11.4. The minimum Gasteiger partial charge on any atom is -0.463 e. The normalized spacial score (nSPS) is 19.4. The van der Waals surface area contributed by atoms with Gasteiger partial charge in [0.05, 0.1) is 18.2 Å². The Morgan fingerprint density at radius 2 is 1.85 bits per heavy atom. The highest BCUT2D eigenvalue weighted by molar-refractivity contribution is 5.95. The third kappa shape index (κ3) is 5.47. The fraction of sp³-hybridized carbons (Fsp3) is 0.542. The number of amides is 4. The summed E-state index contributed by atoms with van der Waals surface area (Å²) in [5, 5.41) is 5.82. The number of piperazine rings is 1. The summed E-state index contributed by atoms with van der Waals surface area (Å²) in [4.78, 5) is 43.7. The molecular formula is C24H35N5O4. The number of carbonyl (C=O) groups excluding carboxylic acids is 3. The number of ether oxygens (including phenoxy) is 1. The van der Waals surface area contributed by atoms with Gasteiger partial charge in [0.1, 0.15) is 0 Å². The number of likely N-dealkylation sites (N-methyl/N-ethyl adjacent to an activating group) is 1. The summed E-state index contributed by atoms with van der Waals surface area (Å²) in [5.74, 6) is -0.425. The lowest BCUT2D eigenvalue weighted by atomic mass is 9.90. The molecule has 9 nitrogen and oxygen atoms in total. The number of hydrogen-bond acceptors (Lipinski definition) is 5. The van der Waals surface area contributed by atoms with E-state index in [1.54, 1.807) is 18.9 Å². The second-order valence-electron chi connectivity index (χ2n) is 8.48. The molecule has 0 unspecified atom stereocenters. The standard InChI is InChI=1S/C24H35N5O4/c1-6-25-23(31)29-12-10-28(11-13-29)15-19-20(22(30)33-7-2)21(26-24(32)27(19)5)18-14-16(3)8-9-17(18)4/h8-9,14,21H,6-7,10-13,15H2,1-5H3,(H,25,31)(H,26,32)/t21-/m0/s1. The highest BCUT2D eigenvalue weighted by atomic mass is 16.5. The van der Waals surface area contributed by atoms with Crippen LogP contribution in [0.1, 0.15) is 36.6 Å². The Balaban J connectivity index is 1.93. The Morgan fingerprint density at radius 3 is 2.48 bits per heavy atom. The zero-order chi connectivity index (χ0) is 24.1. The van der Waals surface area contributed by atoms with Crippen LogP contribution in [0, 0.1) is 13.8 Å². The number of urea groups is 2. The smallest absolute Gasteiger partial charge is 0.338 e. The van der Waals surface area contributed by atoms with E-state index in [-0.39, 0.29) is 18.7 Å². The summed E-state index contributed by atoms with van der Waals surface area (Å²) in [5.41, 5.74) is 4.02. The van der Waals surface area contributed by atoms with Crippen molar-refractivity contribution in [2.24, 2.45) is 0 Å². The fourth-order valence-electron chi connectivity index (χ4n) is 4.29. The van der Waals surface area contributed by atoms with Crippen molar-refractivity contribution in [1.29, 1.82) is 0 Å². The molecule has 9 heteroatoms. The van der Waals surface area contributed by atoms with Gasteiger partial charge in [0.15, 0.2) is 0 Å². The topological polar surface area (TPSA) is 94.2 Å².